The van der Waals surface area contributed by atoms with Crippen LogP contribution in [0.3, 0.4) is 0 Å². The van der Waals surface area contributed by atoms with Crippen molar-refractivity contribution in [2.75, 3.05) is 0 Å². The minimum absolute atomic E-state index is 0. The molecule has 0 bridgehead atoms. The van der Waals surface area contributed by atoms with E-state index in [0.29, 0.717) is 0 Å². The first-order valence-electron chi connectivity index (χ1n) is 5.68. The van der Waals surface area contributed by atoms with E-state index in [-0.39, 0.29) is 22.5 Å². The third kappa shape index (κ3) is 6.73. The van der Waals surface area contributed by atoms with Crippen LogP contribution in [0.25, 0.3) is 0 Å². The molecular formula is C8H8CuF12O7S2. The van der Waals surface area contributed by atoms with E-state index in [1.807, 2.05) is 0 Å². The summed E-state index contributed by atoms with van der Waals surface area (Å²) < 4.78 is 202. The topological polar surface area (TPSA) is 146 Å². The molecule has 22 heteroatoms. The van der Waals surface area contributed by atoms with E-state index in [1.54, 1.807) is 0 Å². The summed E-state index contributed by atoms with van der Waals surface area (Å²) in [5, 5.41) is -12.7. The van der Waals surface area contributed by atoms with Crippen LogP contribution in [-0.4, -0.2) is 65.6 Å². The molecule has 0 saturated heterocycles. The van der Waals surface area contributed by atoms with Gasteiger partial charge in [-0.3, -0.25) is 0 Å². The first kappa shape index (κ1) is 36.8. The Morgan fingerprint density at radius 3 is 0.700 bits per heavy atom. The molecule has 0 amide bonds. The Balaban J connectivity index is -0.000000211. The summed E-state index contributed by atoms with van der Waals surface area (Å²) >= 11 is 0. The fraction of sp³-hybridized carbons (Fsp3) is 1.00. The van der Waals surface area contributed by atoms with E-state index in [2.05, 4.69) is 0 Å². The van der Waals surface area contributed by atoms with Gasteiger partial charge in [0.2, 0.25) is 0 Å². The van der Waals surface area contributed by atoms with Crippen LogP contribution in [0.15, 0.2) is 0 Å². The second-order valence-electron chi connectivity index (χ2n) is 4.87. The maximum absolute atomic E-state index is 12.1. The average molecular weight is 572 g/mol. The van der Waals surface area contributed by atoms with Crippen molar-refractivity contribution in [2.24, 2.45) is 0 Å². The van der Waals surface area contributed by atoms with Gasteiger partial charge in [-0.25, -0.2) is 16.8 Å². The molecule has 0 saturated carbocycles. The van der Waals surface area contributed by atoms with Gasteiger partial charge in [0.05, 0.1) is 0 Å². The number of hydrogen-bond acceptors (Lipinski definition) is 6. The second kappa shape index (κ2) is 9.53. The van der Waals surface area contributed by atoms with Crippen molar-refractivity contribution in [3.05, 3.63) is 0 Å². The molecule has 0 fully saturated rings. The van der Waals surface area contributed by atoms with E-state index in [4.69, 9.17) is 0 Å². The molecule has 2 N–H and O–H groups in total. The Morgan fingerprint density at radius 2 is 0.667 bits per heavy atom. The number of halogens is 12. The standard InChI is InChI=1S/2C4H4F6O3S.Cu.H2O/c2*1-2(5,6)3(7,8)4(9,10)14(11,12)13;;/h2*1H3,(H,11,12,13);;1H2/q;;+2;/p-2. The van der Waals surface area contributed by atoms with Crippen molar-refractivity contribution in [1.29, 1.82) is 0 Å². The van der Waals surface area contributed by atoms with Gasteiger partial charge in [-0.1, -0.05) is 0 Å². The van der Waals surface area contributed by atoms with E-state index in [0.717, 1.165) is 0 Å². The van der Waals surface area contributed by atoms with E-state index < -0.39 is 68.3 Å². The number of alkyl halides is 12. The minimum Gasteiger partial charge on any atom is -0.743 e. The van der Waals surface area contributed by atoms with Crippen LogP contribution in [0, 0.1) is 0 Å². The quantitative estimate of drug-likeness (QED) is 0.271. The Hall–Kier alpha value is -0.541. The molecule has 7 nitrogen and oxygen atoms in total. The number of hydrogen-bond donors (Lipinski definition) is 0. The van der Waals surface area contributed by atoms with Crippen LogP contribution in [0.5, 0.6) is 0 Å². The molecule has 189 valence electrons. The Bertz CT molecular complexity index is 703. The number of rotatable bonds is 6. The van der Waals surface area contributed by atoms with Gasteiger partial charge in [0.15, 0.2) is 20.2 Å². The molecule has 0 aromatic rings. The van der Waals surface area contributed by atoms with Crippen molar-refractivity contribution in [1.82, 2.24) is 0 Å². The van der Waals surface area contributed by atoms with Gasteiger partial charge < -0.3 is 14.6 Å². The first-order valence-corrected chi connectivity index (χ1v) is 8.49. The van der Waals surface area contributed by atoms with Crippen LogP contribution in [-0.2, 0) is 37.3 Å². The molecule has 0 aromatic carbocycles. The van der Waals surface area contributed by atoms with Crippen molar-refractivity contribution in [3.8, 4) is 0 Å². The van der Waals surface area contributed by atoms with E-state index in [9.17, 15) is 78.6 Å². The van der Waals surface area contributed by atoms with Crippen molar-refractivity contribution in [3.63, 3.8) is 0 Å². The van der Waals surface area contributed by atoms with Gasteiger partial charge in [0.1, 0.15) is 0 Å². The van der Waals surface area contributed by atoms with Crippen LogP contribution in [0.1, 0.15) is 13.8 Å². The SMILES string of the molecule is CC(F)(F)C(F)(F)C(F)(F)S(=O)(=O)[O-].CC(F)(F)C(F)(F)C(F)(F)S(=O)(=O)[O-].O.[Cu+2]. The molecule has 30 heavy (non-hydrogen) atoms. The molecule has 0 aliphatic carbocycles. The molecule has 0 unspecified atom stereocenters. The summed E-state index contributed by atoms with van der Waals surface area (Å²) in [6, 6.07) is 0. The summed E-state index contributed by atoms with van der Waals surface area (Å²) in [5.74, 6) is -23.1. The predicted octanol–water partition coefficient (Wildman–Crippen LogP) is 2.00. The van der Waals surface area contributed by atoms with Crippen molar-refractivity contribution < 1.29 is 101 Å². The maximum atomic E-state index is 12.1. The van der Waals surface area contributed by atoms with Gasteiger partial charge >= 0.3 is 51.3 Å². The minimum atomic E-state index is -6.86. The molecule has 0 atom stereocenters. The monoisotopic (exact) mass is 571 g/mol. The molecule has 0 spiro atoms. The van der Waals surface area contributed by atoms with Crippen LogP contribution < -0.4 is 0 Å². The second-order valence-corrected chi connectivity index (χ2v) is 7.71. The molecule has 0 aliphatic heterocycles. The Kier molecular flexibility index (Phi) is 11.7. The zero-order chi connectivity index (χ0) is 24.0. The van der Waals surface area contributed by atoms with Gasteiger partial charge in [-0.15, -0.1) is 0 Å². The largest absolute Gasteiger partial charge is 2.00 e. The maximum Gasteiger partial charge on any atom is 2.00 e. The summed E-state index contributed by atoms with van der Waals surface area (Å²) in [6.07, 6.45) is 0. The molecule has 0 heterocycles. The fourth-order valence-electron chi connectivity index (χ4n) is 0.825. The zero-order valence-corrected chi connectivity index (χ0v) is 16.2. The van der Waals surface area contributed by atoms with Gasteiger partial charge in [0.25, 0.3) is 0 Å². The average Bonchev–Trinajstić information content (AvgIpc) is 2.33. The van der Waals surface area contributed by atoms with Crippen molar-refractivity contribution >= 4 is 20.2 Å². The van der Waals surface area contributed by atoms with Crippen LogP contribution in [0.2, 0.25) is 0 Å². The van der Waals surface area contributed by atoms with Gasteiger partial charge in [-0.05, 0) is 0 Å². The predicted molar refractivity (Wildman–Crippen MR) is 64.0 cm³/mol. The van der Waals surface area contributed by atoms with Crippen LogP contribution in [0.4, 0.5) is 52.7 Å². The zero-order valence-electron chi connectivity index (χ0n) is 13.6. The normalized spacial score (nSPS) is 14.7. The molecule has 0 aliphatic rings. The molecule has 0 aromatic heterocycles. The third-order valence-corrected chi connectivity index (χ3v) is 4.23. The summed E-state index contributed by atoms with van der Waals surface area (Å²) in [6.45, 7) is -1.24. The Labute approximate surface area is 170 Å². The fourth-order valence-corrected chi connectivity index (χ4v) is 1.81. The smallest absolute Gasteiger partial charge is 0.743 e. The van der Waals surface area contributed by atoms with E-state index >= 15 is 0 Å². The summed E-state index contributed by atoms with van der Waals surface area (Å²) in [7, 11) is -13.7. The Morgan fingerprint density at radius 1 is 0.533 bits per heavy atom. The van der Waals surface area contributed by atoms with Crippen molar-refractivity contribution in [2.45, 2.75) is 48.0 Å². The van der Waals surface area contributed by atoms with Gasteiger partial charge in [-0.2, -0.15) is 52.7 Å². The van der Waals surface area contributed by atoms with Crippen LogP contribution >= 0.6 is 0 Å². The molecule has 0 rings (SSSR count). The molecular weight excluding hydrogens is 564 g/mol. The molecule has 1 radical (unpaired) electrons. The third-order valence-electron chi connectivity index (χ3n) is 2.46. The first-order chi connectivity index (χ1) is 11.5. The van der Waals surface area contributed by atoms with E-state index in [1.165, 1.54) is 0 Å². The summed E-state index contributed by atoms with van der Waals surface area (Å²) in [5.41, 5.74) is 0. The van der Waals surface area contributed by atoms with Gasteiger partial charge in [0, 0.05) is 13.8 Å². The summed E-state index contributed by atoms with van der Waals surface area (Å²) in [4.78, 5) is 0.